The van der Waals surface area contributed by atoms with Gasteiger partial charge in [-0.25, -0.2) is 0 Å². The van der Waals surface area contributed by atoms with Crippen molar-refractivity contribution in [3.8, 4) is 0 Å². The lowest BCUT2D eigenvalue weighted by molar-refractivity contribution is -0.122. The first-order chi connectivity index (χ1) is 8.56. The highest BCUT2D eigenvalue weighted by atomic mass is 35.5. The Balaban J connectivity index is 2.13. The van der Waals surface area contributed by atoms with Crippen LogP contribution in [0.25, 0.3) is 0 Å². The molecule has 4 N–H and O–H groups in total. The van der Waals surface area contributed by atoms with E-state index in [0.29, 0.717) is 23.0 Å². The van der Waals surface area contributed by atoms with Gasteiger partial charge in [0, 0.05) is 35.3 Å². The van der Waals surface area contributed by atoms with E-state index in [1.807, 2.05) is 6.07 Å². The molecule has 1 aliphatic heterocycles. The van der Waals surface area contributed by atoms with Crippen molar-refractivity contribution in [2.45, 2.75) is 18.9 Å². The average molecular weight is 284 g/mol. The lowest BCUT2D eigenvalue weighted by Crippen LogP contribution is -2.42. The summed E-state index contributed by atoms with van der Waals surface area (Å²) in [6.45, 7) is 0.609. The topological polar surface area (TPSA) is 67.1 Å². The summed E-state index contributed by atoms with van der Waals surface area (Å²) in [5.41, 5.74) is 7.26. The second kappa shape index (κ2) is 5.54. The van der Waals surface area contributed by atoms with E-state index in [2.05, 4.69) is 10.6 Å². The third kappa shape index (κ3) is 3.11. The van der Waals surface area contributed by atoms with Crippen molar-refractivity contribution in [3.63, 3.8) is 0 Å². The van der Waals surface area contributed by atoms with Gasteiger partial charge in [-0.15, -0.1) is 0 Å². The zero-order chi connectivity index (χ0) is 13.1. The van der Waals surface area contributed by atoms with Gasteiger partial charge in [0.15, 0.2) is 0 Å². The third-order valence-electron chi connectivity index (χ3n) is 2.87. The lowest BCUT2D eigenvalue weighted by atomic mass is 10.1. The van der Waals surface area contributed by atoms with E-state index >= 15 is 0 Å². The van der Waals surface area contributed by atoms with Crippen molar-refractivity contribution in [1.29, 1.82) is 0 Å². The van der Waals surface area contributed by atoms with E-state index in [1.165, 1.54) is 0 Å². The summed E-state index contributed by atoms with van der Waals surface area (Å²) >= 11 is 10.9. The van der Waals surface area contributed by atoms with E-state index in [4.69, 9.17) is 29.6 Å². The minimum atomic E-state index is 0.0960. The van der Waals surface area contributed by atoms with Gasteiger partial charge < -0.3 is 16.4 Å². The molecule has 1 amide bonds. The summed E-state index contributed by atoms with van der Waals surface area (Å²) in [6, 6.07) is 5.57. The molecule has 18 heavy (non-hydrogen) atoms. The fourth-order valence-electron chi connectivity index (χ4n) is 1.92. The van der Waals surface area contributed by atoms with Crippen LogP contribution < -0.4 is 16.4 Å². The molecule has 0 radical (unpaired) electrons. The normalized spacial score (nSPS) is 19.2. The molecule has 1 aromatic carbocycles. The quantitative estimate of drug-likeness (QED) is 0.738. The number of carbonyl (C=O) groups is 1. The molecule has 1 heterocycles. The SMILES string of the molecule is NC(=S)c1cc(Cl)ccc1NC1CCC(=O)NC1. The van der Waals surface area contributed by atoms with E-state index in [9.17, 15) is 4.79 Å². The number of halogens is 1. The number of carbonyl (C=O) groups excluding carboxylic acids is 1. The summed E-state index contributed by atoms with van der Waals surface area (Å²) in [5.74, 6) is 0.0960. The van der Waals surface area contributed by atoms with Crippen molar-refractivity contribution in [2.24, 2.45) is 5.73 Å². The van der Waals surface area contributed by atoms with Crippen LogP contribution in [0, 0.1) is 0 Å². The molecule has 0 aromatic heterocycles. The van der Waals surface area contributed by atoms with Crippen LogP contribution in [0.3, 0.4) is 0 Å². The van der Waals surface area contributed by atoms with Crippen molar-refractivity contribution < 1.29 is 4.79 Å². The number of thiocarbonyl (C=S) groups is 1. The highest BCUT2D eigenvalue weighted by Crippen LogP contribution is 2.22. The molecule has 0 bridgehead atoms. The maximum absolute atomic E-state index is 11.1. The second-order valence-corrected chi connectivity index (χ2v) is 5.11. The van der Waals surface area contributed by atoms with E-state index in [-0.39, 0.29) is 11.9 Å². The predicted molar refractivity (Wildman–Crippen MR) is 77.0 cm³/mol. The van der Waals surface area contributed by atoms with E-state index in [0.717, 1.165) is 17.7 Å². The number of rotatable bonds is 3. The summed E-state index contributed by atoms with van der Waals surface area (Å²) in [7, 11) is 0. The Morgan fingerprint density at radius 3 is 2.94 bits per heavy atom. The van der Waals surface area contributed by atoms with Crippen molar-refractivity contribution in [3.05, 3.63) is 28.8 Å². The lowest BCUT2D eigenvalue weighted by Gasteiger charge is -2.25. The summed E-state index contributed by atoms with van der Waals surface area (Å²) in [6.07, 6.45) is 1.33. The van der Waals surface area contributed by atoms with Crippen LogP contribution in [0.15, 0.2) is 18.2 Å². The Bertz CT molecular complexity index is 482. The maximum atomic E-state index is 11.1. The van der Waals surface area contributed by atoms with Gasteiger partial charge in [-0.2, -0.15) is 0 Å². The molecular weight excluding hydrogens is 270 g/mol. The first-order valence-corrected chi connectivity index (χ1v) is 6.47. The fraction of sp³-hybridized carbons (Fsp3) is 0.333. The van der Waals surface area contributed by atoms with Gasteiger partial charge in [-0.05, 0) is 24.6 Å². The predicted octanol–water partition coefficient (Wildman–Crippen LogP) is 1.66. The zero-order valence-electron chi connectivity index (χ0n) is 9.70. The molecule has 0 spiro atoms. The highest BCUT2D eigenvalue weighted by Gasteiger charge is 2.18. The van der Waals surface area contributed by atoms with Crippen LogP contribution in [-0.4, -0.2) is 23.5 Å². The number of hydrogen-bond acceptors (Lipinski definition) is 3. The van der Waals surface area contributed by atoms with E-state index in [1.54, 1.807) is 12.1 Å². The van der Waals surface area contributed by atoms with Gasteiger partial charge in [0.05, 0.1) is 0 Å². The first kappa shape index (κ1) is 13.1. The minimum Gasteiger partial charge on any atom is -0.389 e. The maximum Gasteiger partial charge on any atom is 0.220 e. The Hall–Kier alpha value is -1.33. The molecule has 0 saturated carbocycles. The molecule has 1 unspecified atom stereocenters. The van der Waals surface area contributed by atoms with Crippen LogP contribution in [0.5, 0.6) is 0 Å². The van der Waals surface area contributed by atoms with E-state index < -0.39 is 0 Å². The van der Waals surface area contributed by atoms with Crippen molar-refractivity contribution in [1.82, 2.24) is 5.32 Å². The molecule has 4 nitrogen and oxygen atoms in total. The van der Waals surface area contributed by atoms with Gasteiger partial charge in [-0.3, -0.25) is 4.79 Å². The Morgan fingerprint density at radius 1 is 1.56 bits per heavy atom. The molecule has 6 heteroatoms. The minimum absolute atomic E-state index is 0.0960. The molecule has 96 valence electrons. The number of benzene rings is 1. The summed E-state index contributed by atoms with van der Waals surface area (Å²) in [5, 5.41) is 6.76. The number of amides is 1. The van der Waals surface area contributed by atoms with Crippen LogP contribution in [0.2, 0.25) is 5.02 Å². The van der Waals surface area contributed by atoms with Crippen LogP contribution in [0.1, 0.15) is 18.4 Å². The zero-order valence-corrected chi connectivity index (χ0v) is 11.3. The standard InChI is InChI=1S/C12H14ClN3OS/c13-7-1-3-10(9(5-7)12(14)18)16-8-2-4-11(17)15-6-8/h1,3,5,8,16H,2,4,6H2,(H2,14,18)(H,15,17). The molecule has 1 aromatic rings. The number of hydrogen-bond donors (Lipinski definition) is 3. The first-order valence-electron chi connectivity index (χ1n) is 5.69. The largest absolute Gasteiger partial charge is 0.389 e. The molecule has 1 aliphatic rings. The molecule has 1 atom stereocenters. The van der Waals surface area contributed by atoms with Gasteiger partial charge in [0.1, 0.15) is 4.99 Å². The third-order valence-corrected chi connectivity index (χ3v) is 3.33. The molecule has 1 fully saturated rings. The summed E-state index contributed by atoms with van der Waals surface area (Å²) < 4.78 is 0. The van der Waals surface area contributed by atoms with Gasteiger partial charge in [0.25, 0.3) is 0 Å². The van der Waals surface area contributed by atoms with Crippen molar-refractivity contribution in [2.75, 3.05) is 11.9 Å². The Labute approximate surface area is 116 Å². The molecule has 0 aliphatic carbocycles. The Kier molecular flexibility index (Phi) is 4.04. The van der Waals surface area contributed by atoms with Gasteiger partial charge >= 0.3 is 0 Å². The van der Waals surface area contributed by atoms with Crippen LogP contribution in [0.4, 0.5) is 5.69 Å². The van der Waals surface area contributed by atoms with Crippen LogP contribution >= 0.6 is 23.8 Å². The smallest absolute Gasteiger partial charge is 0.220 e. The summed E-state index contributed by atoms with van der Waals surface area (Å²) in [4.78, 5) is 11.4. The Morgan fingerprint density at radius 2 is 2.33 bits per heavy atom. The molecular formula is C12H14ClN3OS. The number of anilines is 1. The monoisotopic (exact) mass is 283 g/mol. The second-order valence-electron chi connectivity index (χ2n) is 4.24. The molecule has 1 saturated heterocycles. The number of nitrogens with one attached hydrogen (secondary N) is 2. The molecule has 2 rings (SSSR count). The van der Waals surface area contributed by atoms with Gasteiger partial charge in [-0.1, -0.05) is 23.8 Å². The number of nitrogens with two attached hydrogens (primary N) is 1. The van der Waals surface area contributed by atoms with Crippen LogP contribution in [-0.2, 0) is 4.79 Å². The fourth-order valence-corrected chi connectivity index (χ4v) is 2.26. The van der Waals surface area contributed by atoms with Crippen molar-refractivity contribution >= 4 is 40.4 Å². The number of piperidine rings is 1. The van der Waals surface area contributed by atoms with Gasteiger partial charge in [0.2, 0.25) is 5.91 Å². The highest BCUT2D eigenvalue weighted by molar-refractivity contribution is 7.80. The average Bonchev–Trinajstić information content (AvgIpc) is 2.34.